The van der Waals surface area contributed by atoms with Crippen molar-refractivity contribution in [2.45, 2.75) is 6.92 Å². The van der Waals surface area contributed by atoms with Crippen LogP contribution in [0.15, 0.2) is 36.4 Å². The van der Waals surface area contributed by atoms with Gasteiger partial charge in [0.15, 0.2) is 0 Å². The maximum atomic E-state index is 12.2. The molecule has 0 fully saturated rings. The first kappa shape index (κ1) is 15.1. The summed E-state index contributed by atoms with van der Waals surface area (Å²) in [5.41, 5.74) is 0.930. The van der Waals surface area contributed by atoms with Crippen LogP contribution >= 0.6 is 11.6 Å². The van der Waals surface area contributed by atoms with Crippen molar-refractivity contribution in [3.8, 4) is 5.75 Å². The van der Waals surface area contributed by atoms with Crippen LogP contribution < -0.4 is 15.4 Å². The molecule has 0 spiro atoms. The second kappa shape index (κ2) is 6.95. The normalized spacial score (nSPS) is 10.0. The van der Waals surface area contributed by atoms with Crippen molar-refractivity contribution in [2.75, 3.05) is 24.3 Å². The maximum absolute atomic E-state index is 12.2. The van der Waals surface area contributed by atoms with E-state index in [1.807, 2.05) is 13.0 Å². The summed E-state index contributed by atoms with van der Waals surface area (Å²) in [6, 6.07) is 10.3. The number of nitrogens with zero attached hydrogens (tertiary/aromatic N) is 1. The summed E-state index contributed by atoms with van der Waals surface area (Å²) in [5.74, 6) is 0.877. The van der Waals surface area contributed by atoms with Gasteiger partial charge in [-0.05, 0) is 31.2 Å². The molecule has 2 aromatic rings. The van der Waals surface area contributed by atoms with E-state index in [1.165, 1.54) is 7.11 Å². The minimum atomic E-state index is -0.292. The number of pyridine rings is 1. The number of hydrogen-bond donors (Lipinski definition) is 2. The van der Waals surface area contributed by atoms with E-state index in [4.69, 9.17) is 16.3 Å². The molecule has 1 aromatic carbocycles. The highest BCUT2D eigenvalue weighted by Gasteiger charge is 2.10. The molecule has 0 radical (unpaired) electrons. The van der Waals surface area contributed by atoms with Gasteiger partial charge in [0.2, 0.25) is 0 Å². The van der Waals surface area contributed by atoms with Crippen LogP contribution in [0.25, 0.3) is 0 Å². The van der Waals surface area contributed by atoms with E-state index in [9.17, 15) is 4.79 Å². The third kappa shape index (κ3) is 3.86. The summed E-state index contributed by atoms with van der Waals surface area (Å²) < 4.78 is 5.12. The van der Waals surface area contributed by atoms with Crippen molar-refractivity contribution in [1.29, 1.82) is 0 Å². The topological polar surface area (TPSA) is 63.2 Å². The van der Waals surface area contributed by atoms with E-state index < -0.39 is 0 Å². The van der Waals surface area contributed by atoms with Crippen LogP contribution in [-0.2, 0) is 0 Å². The lowest BCUT2D eigenvalue weighted by Gasteiger charge is -2.09. The lowest BCUT2D eigenvalue weighted by molar-refractivity contribution is 0.102. The number of rotatable bonds is 5. The third-order valence-electron chi connectivity index (χ3n) is 2.75. The van der Waals surface area contributed by atoms with Crippen LogP contribution in [0.2, 0.25) is 5.02 Å². The lowest BCUT2D eigenvalue weighted by atomic mass is 10.2. The molecule has 1 heterocycles. The first-order valence-electron chi connectivity index (χ1n) is 6.50. The van der Waals surface area contributed by atoms with Crippen LogP contribution in [0, 0.1) is 0 Å². The van der Waals surface area contributed by atoms with Gasteiger partial charge in [-0.3, -0.25) is 4.79 Å². The summed E-state index contributed by atoms with van der Waals surface area (Å²) in [4.78, 5) is 16.4. The zero-order valence-electron chi connectivity index (χ0n) is 11.8. The Bertz CT molecular complexity index is 647. The van der Waals surface area contributed by atoms with Crippen molar-refractivity contribution in [3.05, 3.63) is 47.1 Å². The minimum Gasteiger partial charge on any atom is -0.495 e. The highest BCUT2D eigenvalue weighted by molar-refractivity contribution is 6.32. The molecule has 110 valence electrons. The molecule has 0 unspecified atom stereocenters. The molecule has 0 atom stereocenters. The number of aromatic nitrogens is 1. The van der Waals surface area contributed by atoms with Gasteiger partial charge in [0, 0.05) is 18.3 Å². The van der Waals surface area contributed by atoms with Crippen molar-refractivity contribution in [3.63, 3.8) is 0 Å². The number of ether oxygens (including phenoxy) is 1. The van der Waals surface area contributed by atoms with Gasteiger partial charge in [-0.25, -0.2) is 4.98 Å². The second-order valence-corrected chi connectivity index (χ2v) is 4.65. The minimum absolute atomic E-state index is 0.292. The number of halogens is 1. The summed E-state index contributed by atoms with van der Waals surface area (Å²) in [6.45, 7) is 2.71. The predicted octanol–water partition coefficient (Wildman–Crippen LogP) is 3.43. The fraction of sp³-hybridized carbons (Fsp3) is 0.200. The zero-order chi connectivity index (χ0) is 15.2. The van der Waals surface area contributed by atoms with Crippen molar-refractivity contribution in [1.82, 2.24) is 4.98 Å². The molecule has 1 aromatic heterocycles. The molecule has 1 amide bonds. The van der Waals surface area contributed by atoms with E-state index in [-0.39, 0.29) is 5.91 Å². The molecule has 5 nitrogen and oxygen atoms in total. The van der Waals surface area contributed by atoms with Gasteiger partial charge in [0.1, 0.15) is 17.3 Å². The summed E-state index contributed by atoms with van der Waals surface area (Å²) >= 11 is 5.95. The van der Waals surface area contributed by atoms with Gasteiger partial charge >= 0.3 is 0 Å². The molecule has 0 bridgehead atoms. The average molecular weight is 306 g/mol. The quantitative estimate of drug-likeness (QED) is 0.888. The Kier molecular flexibility index (Phi) is 5.00. The van der Waals surface area contributed by atoms with Crippen LogP contribution in [0.5, 0.6) is 5.75 Å². The zero-order valence-corrected chi connectivity index (χ0v) is 12.6. The van der Waals surface area contributed by atoms with Crippen molar-refractivity contribution in [2.24, 2.45) is 0 Å². The summed E-state index contributed by atoms with van der Waals surface area (Å²) in [6.07, 6.45) is 0. The van der Waals surface area contributed by atoms with Gasteiger partial charge in [-0.15, -0.1) is 0 Å². The fourth-order valence-electron chi connectivity index (χ4n) is 1.77. The average Bonchev–Trinajstić information content (AvgIpc) is 2.50. The number of benzene rings is 1. The Hall–Kier alpha value is -2.27. The largest absolute Gasteiger partial charge is 0.495 e. The Morgan fingerprint density at radius 1 is 1.33 bits per heavy atom. The molecule has 21 heavy (non-hydrogen) atoms. The SMILES string of the molecule is CCNc1cccc(C(=O)Nc2ccc(Cl)c(OC)c2)n1. The highest BCUT2D eigenvalue weighted by atomic mass is 35.5. The molecular formula is C15H16ClN3O2. The number of hydrogen-bond acceptors (Lipinski definition) is 4. The Balaban J connectivity index is 2.16. The molecule has 2 N–H and O–H groups in total. The highest BCUT2D eigenvalue weighted by Crippen LogP contribution is 2.27. The molecule has 0 aliphatic heterocycles. The third-order valence-corrected chi connectivity index (χ3v) is 3.06. The summed E-state index contributed by atoms with van der Waals surface area (Å²) in [5, 5.41) is 6.31. The Morgan fingerprint density at radius 3 is 2.86 bits per heavy atom. The summed E-state index contributed by atoms with van der Waals surface area (Å²) in [7, 11) is 1.52. The number of nitrogens with one attached hydrogen (secondary N) is 2. The van der Waals surface area contributed by atoms with E-state index in [1.54, 1.807) is 30.3 Å². The second-order valence-electron chi connectivity index (χ2n) is 4.24. The molecule has 0 aliphatic carbocycles. The van der Waals surface area contributed by atoms with Crippen molar-refractivity contribution < 1.29 is 9.53 Å². The monoisotopic (exact) mass is 305 g/mol. The van der Waals surface area contributed by atoms with E-state index in [0.717, 1.165) is 6.54 Å². The van der Waals surface area contributed by atoms with Gasteiger partial charge in [-0.2, -0.15) is 0 Å². The predicted molar refractivity (Wildman–Crippen MR) is 84.4 cm³/mol. The van der Waals surface area contributed by atoms with E-state index in [2.05, 4.69) is 15.6 Å². The molecule has 6 heteroatoms. The first-order chi connectivity index (χ1) is 10.1. The van der Waals surface area contributed by atoms with Crippen LogP contribution in [0.1, 0.15) is 17.4 Å². The molecular weight excluding hydrogens is 290 g/mol. The van der Waals surface area contributed by atoms with Gasteiger partial charge in [-0.1, -0.05) is 17.7 Å². The Labute approximate surface area is 128 Å². The molecule has 0 aliphatic rings. The first-order valence-corrected chi connectivity index (χ1v) is 6.87. The number of carbonyl (C=O) groups is 1. The standard InChI is InChI=1S/C15H16ClN3O2/c1-3-17-14-6-4-5-12(19-14)15(20)18-10-7-8-11(16)13(9-10)21-2/h4-9H,3H2,1-2H3,(H,17,19)(H,18,20). The van der Waals surface area contributed by atoms with Gasteiger partial charge in [0.05, 0.1) is 12.1 Å². The Morgan fingerprint density at radius 2 is 2.14 bits per heavy atom. The van der Waals surface area contributed by atoms with Crippen molar-refractivity contribution >= 4 is 29.0 Å². The number of amides is 1. The molecule has 0 saturated heterocycles. The van der Waals surface area contributed by atoms with Gasteiger partial charge < -0.3 is 15.4 Å². The number of anilines is 2. The van der Waals surface area contributed by atoms with Gasteiger partial charge in [0.25, 0.3) is 5.91 Å². The molecule has 2 rings (SSSR count). The molecule has 0 saturated carbocycles. The van der Waals surface area contributed by atoms with Crippen LogP contribution in [-0.4, -0.2) is 24.5 Å². The van der Waals surface area contributed by atoms with Crippen LogP contribution in [0.3, 0.4) is 0 Å². The number of methoxy groups -OCH3 is 1. The van der Waals surface area contributed by atoms with E-state index >= 15 is 0 Å². The maximum Gasteiger partial charge on any atom is 0.274 e. The smallest absolute Gasteiger partial charge is 0.274 e. The lowest BCUT2D eigenvalue weighted by Crippen LogP contribution is -2.14. The number of carbonyl (C=O) groups excluding carboxylic acids is 1. The fourth-order valence-corrected chi connectivity index (χ4v) is 1.97. The van der Waals surface area contributed by atoms with Crippen LogP contribution in [0.4, 0.5) is 11.5 Å². The van der Waals surface area contributed by atoms with E-state index in [0.29, 0.717) is 28.0 Å².